The standard InChI is InChI=1S/C26H36N2O3/c1-5-12-26(25-11-6-20(2)17-21(25)3)30-19-24(31-26)18-29-23-9-7-22(8-10-23)28-15-13-27(4)14-16-28/h6-11,17,24H,5,12-16,18-19H2,1-4H3/t24-,26-/m1/s1. The Morgan fingerprint density at radius 3 is 2.45 bits per heavy atom. The quantitative estimate of drug-likeness (QED) is 0.654. The van der Waals surface area contributed by atoms with Crippen molar-refractivity contribution in [1.82, 2.24) is 4.90 Å². The third kappa shape index (κ3) is 5.05. The number of aryl methyl sites for hydroxylation is 2. The number of rotatable bonds is 7. The summed E-state index contributed by atoms with van der Waals surface area (Å²) in [4.78, 5) is 4.80. The Kier molecular flexibility index (Phi) is 6.85. The Morgan fingerprint density at radius 1 is 1.03 bits per heavy atom. The Hall–Kier alpha value is -2.08. The van der Waals surface area contributed by atoms with E-state index in [1.165, 1.54) is 16.8 Å². The average molecular weight is 425 g/mol. The van der Waals surface area contributed by atoms with Crippen molar-refractivity contribution in [2.75, 3.05) is 51.3 Å². The number of likely N-dealkylation sites (N-methyl/N-ethyl adjacent to an activating group) is 1. The van der Waals surface area contributed by atoms with Crippen LogP contribution >= 0.6 is 0 Å². The summed E-state index contributed by atoms with van der Waals surface area (Å²) in [6, 6.07) is 14.9. The van der Waals surface area contributed by atoms with Crippen LogP contribution in [0.25, 0.3) is 0 Å². The third-order valence-corrected chi connectivity index (χ3v) is 6.37. The largest absolute Gasteiger partial charge is 0.491 e. The second-order valence-corrected chi connectivity index (χ2v) is 8.97. The molecule has 0 spiro atoms. The minimum atomic E-state index is -0.661. The summed E-state index contributed by atoms with van der Waals surface area (Å²) < 4.78 is 18.8. The highest BCUT2D eigenvalue weighted by atomic mass is 16.8. The molecular weight excluding hydrogens is 388 g/mol. The summed E-state index contributed by atoms with van der Waals surface area (Å²) in [6.07, 6.45) is 1.76. The van der Waals surface area contributed by atoms with E-state index in [2.05, 4.69) is 80.1 Å². The number of hydrogen-bond donors (Lipinski definition) is 0. The summed E-state index contributed by atoms with van der Waals surface area (Å²) in [5.74, 6) is 0.215. The zero-order chi connectivity index (χ0) is 21.8. The first-order chi connectivity index (χ1) is 15.0. The van der Waals surface area contributed by atoms with Crippen molar-refractivity contribution in [3.63, 3.8) is 0 Å². The highest BCUT2D eigenvalue weighted by molar-refractivity contribution is 5.49. The number of nitrogens with zero attached hydrogens (tertiary/aromatic N) is 2. The predicted molar refractivity (Wildman–Crippen MR) is 125 cm³/mol. The molecule has 2 aromatic rings. The lowest BCUT2D eigenvalue weighted by molar-refractivity contribution is -0.184. The monoisotopic (exact) mass is 424 g/mol. The zero-order valence-electron chi connectivity index (χ0n) is 19.4. The van der Waals surface area contributed by atoms with Crippen molar-refractivity contribution in [3.8, 4) is 5.75 Å². The Balaban J connectivity index is 1.36. The number of ether oxygens (including phenoxy) is 3. The van der Waals surface area contributed by atoms with Gasteiger partial charge in [0.2, 0.25) is 0 Å². The van der Waals surface area contributed by atoms with Gasteiger partial charge >= 0.3 is 0 Å². The van der Waals surface area contributed by atoms with Crippen LogP contribution in [0.3, 0.4) is 0 Å². The van der Waals surface area contributed by atoms with Crippen LogP contribution in [0.5, 0.6) is 5.75 Å². The smallest absolute Gasteiger partial charge is 0.195 e. The topological polar surface area (TPSA) is 34.2 Å². The van der Waals surface area contributed by atoms with Gasteiger partial charge in [0.25, 0.3) is 0 Å². The van der Waals surface area contributed by atoms with E-state index in [4.69, 9.17) is 14.2 Å². The van der Waals surface area contributed by atoms with E-state index in [0.29, 0.717) is 13.2 Å². The Bertz CT molecular complexity index is 861. The Labute approximate surface area is 186 Å². The van der Waals surface area contributed by atoms with Gasteiger partial charge in [-0.25, -0.2) is 0 Å². The minimum Gasteiger partial charge on any atom is -0.491 e. The van der Waals surface area contributed by atoms with Gasteiger partial charge in [-0.05, 0) is 50.7 Å². The fourth-order valence-electron chi connectivity index (χ4n) is 4.63. The van der Waals surface area contributed by atoms with Crippen molar-refractivity contribution < 1.29 is 14.2 Å². The molecule has 2 aliphatic heterocycles. The predicted octanol–water partition coefficient (Wildman–Crippen LogP) is 4.50. The first-order valence-electron chi connectivity index (χ1n) is 11.5. The van der Waals surface area contributed by atoms with Gasteiger partial charge in [-0.3, -0.25) is 0 Å². The fraction of sp³-hybridized carbons (Fsp3) is 0.538. The van der Waals surface area contributed by atoms with Crippen molar-refractivity contribution >= 4 is 5.69 Å². The van der Waals surface area contributed by atoms with E-state index in [0.717, 1.165) is 50.3 Å². The molecule has 4 rings (SSSR count). The maximum absolute atomic E-state index is 6.49. The normalized spacial score (nSPS) is 24.5. The van der Waals surface area contributed by atoms with E-state index in [1.807, 2.05) is 0 Å². The van der Waals surface area contributed by atoms with Crippen LogP contribution in [-0.2, 0) is 15.3 Å². The van der Waals surface area contributed by atoms with Gasteiger partial charge in [0.15, 0.2) is 5.79 Å². The number of benzene rings is 2. The van der Waals surface area contributed by atoms with Crippen LogP contribution in [0.4, 0.5) is 5.69 Å². The van der Waals surface area contributed by atoms with Crippen molar-refractivity contribution in [2.24, 2.45) is 0 Å². The molecule has 5 heteroatoms. The zero-order valence-corrected chi connectivity index (χ0v) is 19.4. The van der Waals surface area contributed by atoms with E-state index in [-0.39, 0.29) is 6.10 Å². The molecule has 2 atom stereocenters. The van der Waals surface area contributed by atoms with E-state index in [1.54, 1.807) is 0 Å². The SMILES string of the molecule is CCC[C@@]1(c2ccc(C)cc2C)OC[C@@H](COc2ccc(N3CCN(C)CC3)cc2)O1. The number of piperazine rings is 1. The lowest BCUT2D eigenvalue weighted by atomic mass is 9.95. The summed E-state index contributed by atoms with van der Waals surface area (Å²) >= 11 is 0. The molecule has 2 aromatic carbocycles. The molecule has 0 aromatic heterocycles. The molecule has 0 unspecified atom stereocenters. The van der Waals surface area contributed by atoms with Gasteiger partial charge < -0.3 is 24.0 Å². The molecule has 2 fully saturated rings. The molecule has 2 aliphatic rings. The van der Waals surface area contributed by atoms with E-state index in [9.17, 15) is 0 Å². The second-order valence-electron chi connectivity index (χ2n) is 8.97. The highest BCUT2D eigenvalue weighted by Crippen LogP contribution is 2.40. The van der Waals surface area contributed by atoms with Crippen molar-refractivity contribution in [1.29, 1.82) is 0 Å². The van der Waals surface area contributed by atoms with Gasteiger partial charge in [-0.2, -0.15) is 0 Å². The molecule has 0 aliphatic carbocycles. The molecule has 2 heterocycles. The lowest BCUT2D eigenvalue weighted by Crippen LogP contribution is -2.44. The van der Waals surface area contributed by atoms with Crippen molar-refractivity contribution in [2.45, 2.75) is 45.5 Å². The van der Waals surface area contributed by atoms with Crippen LogP contribution in [-0.4, -0.2) is 57.4 Å². The van der Waals surface area contributed by atoms with Crippen LogP contribution in [0.2, 0.25) is 0 Å². The molecule has 0 amide bonds. The summed E-state index contributed by atoms with van der Waals surface area (Å²) in [5, 5.41) is 0. The van der Waals surface area contributed by atoms with E-state index < -0.39 is 5.79 Å². The maximum Gasteiger partial charge on any atom is 0.195 e. The third-order valence-electron chi connectivity index (χ3n) is 6.37. The van der Waals surface area contributed by atoms with Crippen LogP contribution < -0.4 is 9.64 Å². The van der Waals surface area contributed by atoms with Crippen molar-refractivity contribution in [3.05, 3.63) is 59.2 Å². The molecular formula is C26H36N2O3. The molecule has 0 radical (unpaired) electrons. The lowest BCUT2D eigenvalue weighted by Gasteiger charge is -2.34. The molecule has 0 bridgehead atoms. The van der Waals surface area contributed by atoms with E-state index >= 15 is 0 Å². The minimum absolute atomic E-state index is 0.0791. The number of hydrogen-bond acceptors (Lipinski definition) is 5. The Morgan fingerprint density at radius 2 is 1.77 bits per heavy atom. The average Bonchev–Trinajstić information content (AvgIpc) is 3.17. The summed E-state index contributed by atoms with van der Waals surface area (Å²) in [7, 11) is 2.18. The van der Waals surface area contributed by atoms with Gasteiger partial charge in [0.05, 0.1) is 6.61 Å². The molecule has 2 saturated heterocycles. The summed E-state index contributed by atoms with van der Waals surface area (Å²) in [6.45, 7) is 11.8. The fourth-order valence-corrected chi connectivity index (χ4v) is 4.63. The number of anilines is 1. The van der Waals surface area contributed by atoms with Crippen LogP contribution in [0.15, 0.2) is 42.5 Å². The van der Waals surface area contributed by atoms with Gasteiger partial charge in [-0.1, -0.05) is 37.1 Å². The maximum atomic E-state index is 6.49. The summed E-state index contributed by atoms with van der Waals surface area (Å²) in [5.41, 5.74) is 4.87. The first-order valence-corrected chi connectivity index (χ1v) is 11.5. The molecule has 0 saturated carbocycles. The molecule has 168 valence electrons. The molecule has 5 nitrogen and oxygen atoms in total. The highest BCUT2D eigenvalue weighted by Gasteiger charge is 2.43. The van der Waals surface area contributed by atoms with Gasteiger partial charge in [-0.15, -0.1) is 0 Å². The second kappa shape index (κ2) is 9.60. The molecule has 0 N–H and O–H groups in total. The molecule has 31 heavy (non-hydrogen) atoms. The first kappa shape index (κ1) is 22.1. The van der Waals surface area contributed by atoms with Crippen LogP contribution in [0, 0.1) is 13.8 Å². The van der Waals surface area contributed by atoms with Gasteiger partial charge in [0, 0.05) is 43.9 Å². The van der Waals surface area contributed by atoms with Crippen LogP contribution in [0.1, 0.15) is 36.5 Å². The van der Waals surface area contributed by atoms with Gasteiger partial charge in [0.1, 0.15) is 18.5 Å².